The van der Waals surface area contributed by atoms with Crippen molar-refractivity contribution in [3.63, 3.8) is 0 Å². The van der Waals surface area contributed by atoms with E-state index in [-0.39, 0.29) is 12.4 Å². The number of carbonyl (C=O) groups is 1. The first kappa shape index (κ1) is 15.8. The molecule has 22 heavy (non-hydrogen) atoms. The van der Waals surface area contributed by atoms with Gasteiger partial charge in [0, 0.05) is 23.3 Å². The van der Waals surface area contributed by atoms with Crippen molar-refractivity contribution in [1.29, 1.82) is 0 Å². The second kappa shape index (κ2) is 7.45. The SMILES string of the molecule is COC(=O)Cc1ccc[n+](Cc2cc(OC)cc(OC)c2)c1. The van der Waals surface area contributed by atoms with Crippen LogP contribution in [0.4, 0.5) is 0 Å². The highest BCUT2D eigenvalue weighted by Crippen LogP contribution is 2.22. The number of nitrogens with zero attached hydrogens (tertiary/aromatic N) is 1. The Labute approximate surface area is 130 Å². The Hall–Kier alpha value is -2.56. The number of methoxy groups -OCH3 is 3. The predicted octanol–water partition coefficient (Wildman–Crippen LogP) is 1.76. The van der Waals surface area contributed by atoms with Gasteiger partial charge in [-0.3, -0.25) is 4.79 Å². The molecular formula is C17H20NO4+. The van der Waals surface area contributed by atoms with Crippen molar-refractivity contribution in [2.75, 3.05) is 21.3 Å². The molecule has 0 radical (unpaired) electrons. The monoisotopic (exact) mass is 302 g/mol. The van der Waals surface area contributed by atoms with E-state index in [0.29, 0.717) is 6.54 Å². The summed E-state index contributed by atoms with van der Waals surface area (Å²) in [5, 5.41) is 0. The number of carbonyl (C=O) groups excluding carboxylic acids is 1. The first-order chi connectivity index (χ1) is 10.6. The van der Waals surface area contributed by atoms with Gasteiger partial charge in [-0.05, 0) is 18.2 Å². The molecule has 116 valence electrons. The molecule has 0 aliphatic heterocycles. The average molecular weight is 302 g/mol. The molecule has 1 heterocycles. The Morgan fingerprint density at radius 1 is 1.05 bits per heavy atom. The van der Waals surface area contributed by atoms with Gasteiger partial charge in [-0.1, -0.05) is 0 Å². The summed E-state index contributed by atoms with van der Waals surface area (Å²) >= 11 is 0. The van der Waals surface area contributed by atoms with Crippen LogP contribution in [0.5, 0.6) is 11.5 Å². The number of hydrogen-bond acceptors (Lipinski definition) is 4. The van der Waals surface area contributed by atoms with Gasteiger partial charge in [-0.2, -0.15) is 0 Å². The van der Waals surface area contributed by atoms with Gasteiger partial charge in [0.25, 0.3) is 0 Å². The molecular weight excluding hydrogens is 282 g/mol. The second-order valence-corrected chi connectivity index (χ2v) is 4.86. The molecule has 0 unspecified atom stereocenters. The van der Waals surface area contributed by atoms with Crippen LogP contribution in [0.3, 0.4) is 0 Å². The van der Waals surface area contributed by atoms with Gasteiger partial charge >= 0.3 is 5.97 Å². The van der Waals surface area contributed by atoms with E-state index in [0.717, 1.165) is 22.6 Å². The standard InChI is InChI=1S/C17H20NO4/c1-20-15-7-14(8-16(10-15)21-2)12-18-6-4-5-13(11-18)9-17(19)22-3/h4-8,10-11H,9,12H2,1-3H3/q+1. The molecule has 0 aliphatic rings. The lowest BCUT2D eigenvalue weighted by molar-refractivity contribution is -0.688. The molecule has 1 aromatic heterocycles. The van der Waals surface area contributed by atoms with Gasteiger partial charge in [0.1, 0.15) is 11.5 Å². The fourth-order valence-corrected chi connectivity index (χ4v) is 2.19. The molecule has 0 spiro atoms. The lowest BCUT2D eigenvalue weighted by Crippen LogP contribution is -2.34. The topological polar surface area (TPSA) is 48.6 Å². The Kier molecular flexibility index (Phi) is 5.36. The number of ether oxygens (including phenoxy) is 3. The lowest BCUT2D eigenvalue weighted by Gasteiger charge is -2.07. The molecule has 0 N–H and O–H groups in total. The van der Waals surface area contributed by atoms with Crippen LogP contribution in [0, 0.1) is 0 Å². The van der Waals surface area contributed by atoms with Crippen LogP contribution >= 0.6 is 0 Å². The minimum absolute atomic E-state index is 0.249. The first-order valence-corrected chi connectivity index (χ1v) is 6.91. The number of benzene rings is 1. The number of rotatable bonds is 6. The van der Waals surface area contributed by atoms with Gasteiger partial charge in [0.05, 0.1) is 27.8 Å². The lowest BCUT2D eigenvalue weighted by atomic mass is 10.1. The first-order valence-electron chi connectivity index (χ1n) is 6.91. The molecule has 0 bridgehead atoms. The fourth-order valence-electron chi connectivity index (χ4n) is 2.19. The third-order valence-electron chi connectivity index (χ3n) is 3.27. The Balaban J connectivity index is 2.20. The summed E-state index contributed by atoms with van der Waals surface area (Å²) in [6.07, 6.45) is 4.15. The molecule has 0 saturated carbocycles. The Morgan fingerprint density at radius 3 is 2.32 bits per heavy atom. The fraction of sp³-hybridized carbons (Fsp3) is 0.294. The summed E-state index contributed by atoms with van der Waals surface area (Å²) in [7, 11) is 4.65. The zero-order valence-electron chi connectivity index (χ0n) is 13.0. The van der Waals surface area contributed by atoms with Crippen molar-refractivity contribution in [3.05, 3.63) is 53.9 Å². The molecule has 0 atom stereocenters. The smallest absolute Gasteiger partial charge is 0.310 e. The summed E-state index contributed by atoms with van der Waals surface area (Å²) in [4.78, 5) is 11.4. The van der Waals surface area contributed by atoms with E-state index in [9.17, 15) is 4.79 Å². The average Bonchev–Trinajstić information content (AvgIpc) is 2.54. The summed E-state index contributed by atoms with van der Waals surface area (Å²) in [6, 6.07) is 9.57. The summed E-state index contributed by atoms with van der Waals surface area (Å²) < 4.78 is 17.2. The van der Waals surface area contributed by atoms with Crippen LogP contribution in [0.2, 0.25) is 0 Å². The molecule has 5 nitrogen and oxygen atoms in total. The minimum Gasteiger partial charge on any atom is -0.497 e. The van der Waals surface area contributed by atoms with Crippen molar-refractivity contribution >= 4 is 5.97 Å². The van der Waals surface area contributed by atoms with E-state index in [1.807, 2.05) is 47.3 Å². The van der Waals surface area contributed by atoms with Gasteiger partial charge in [0.2, 0.25) is 0 Å². The van der Waals surface area contributed by atoms with Crippen LogP contribution in [0.25, 0.3) is 0 Å². The maximum Gasteiger partial charge on any atom is 0.310 e. The van der Waals surface area contributed by atoms with Gasteiger partial charge < -0.3 is 14.2 Å². The van der Waals surface area contributed by atoms with E-state index >= 15 is 0 Å². The molecule has 0 fully saturated rings. The molecule has 5 heteroatoms. The largest absolute Gasteiger partial charge is 0.497 e. The Bertz CT molecular complexity index is 633. The third-order valence-corrected chi connectivity index (χ3v) is 3.27. The minimum atomic E-state index is -0.249. The Morgan fingerprint density at radius 2 is 1.73 bits per heavy atom. The number of hydrogen-bond donors (Lipinski definition) is 0. The molecule has 0 aliphatic carbocycles. The van der Waals surface area contributed by atoms with Crippen molar-refractivity contribution in [2.45, 2.75) is 13.0 Å². The maximum absolute atomic E-state index is 11.4. The highest BCUT2D eigenvalue weighted by Gasteiger charge is 2.10. The predicted molar refractivity (Wildman–Crippen MR) is 81.0 cm³/mol. The number of esters is 1. The highest BCUT2D eigenvalue weighted by atomic mass is 16.5. The zero-order chi connectivity index (χ0) is 15.9. The van der Waals surface area contributed by atoms with Gasteiger partial charge in [-0.15, -0.1) is 0 Å². The molecule has 1 aromatic carbocycles. The van der Waals surface area contributed by atoms with Crippen LogP contribution in [-0.2, 0) is 22.5 Å². The van der Waals surface area contributed by atoms with Crippen LogP contribution in [0.1, 0.15) is 11.1 Å². The third kappa shape index (κ3) is 4.22. The summed E-state index contributed by atoms with van der Waals surface area (Å²) in [6.45, 7) is 0.655. The molecule has 0 amide bonds. The highest BCUT2D eigenvalue weighted by molar-refractivity contribution is 5.72. The van der Waals surface area contributed by atoms with Crippen molar-refractivity contribution < 1.29 is 23.6 Å². The quantitative estimate of drug-likeness (QED) is 0.602. The van der Waals surface area contributed by atoms with E-state index in [4.69, 9.17) is 14.2 Å². The second-order valence-electron chi connectivity index (χ2n) is 4.86. The van der Waals surface area contributed by atoms with E-state index in [2.05, 4.69) is 0 Å². The van der Waals surface area contributed by atoms with Crippen LogP contribution in [0.15, 0.2) is 42.7 Å². The molecule has 2 rings (SSSR count). The van der Waals surface area contributed by atoms with E-state index < -0.39 is 0 Å². The molecule has 2 aromatic rings. The normalized spacial score (nSPS) is 10.1. The number of aromatic nitrogens is 1. The summed E-state index contributed by atoms with van der Waals surface area (Å²) in [5.74, 6) is 1.25. The van der Waals surface area contributed by atoms with Crippen molar-refractivity contribution in [3.8, 4) is 11.5 Å². The number of pyridine rings is 1. The van der Waals surface area contributed by atoms with Crippen LogP contribution < -0.4 is 14.0 Å². The molecule has 0 saturated heterocycles. The summed E-state index contributed by atoms with van der Waals surface area (Å²) in [5.41, 5.74) is 1.96. The van der Waals surface area contributed by atoms with Crippen molar-refractivity contribution in [1.82, 2.24) is 0 Å². The zero-order valence-corrected chi connectivity index (χ0v) is 13.0. The van der Waals surface area contributed by atoms with Gasteiger partial charge in [0.15, 0.2) is 18.9 Å². The van der Waals surface area contributed by atoms with E-state index in [1.165, 1.54) is 7.11 Å². The van der Waals surface area contributed by atoms with Crippen molar-refractivity contribution in [2.24, 2.45) is 0 Å². The maximum atomic E-state index is 11.4. The van der Waals surface area contributed by atoms with E-state index in [1.54, 1.807) is 14.2 Å². The van der Waals surface area contributed by atoms with Gasteiger partial charge in [-0.25, -0.2) is 4.57 Å². The van der Waals surface area contributed by atoms with Crippen LogP contribution in [-0.4, -0.2) is 27.3 Å².